The summed E-state index contributed by atoms with van der Waals surface area (Å²) >= 11 is 0. The number of nitrogens with zero attached hydrogens (tertiary/aromatic N) is 4. The van der Waals surface area contributed by atoms with E-state index in [0.717, 1.165) is 59.6 Å². The van der Waals surface area contributed by atoms with Crippen LogP contribution in [0, 0.1) is 24.0 Å². The number of alkyl carbamates (subject to hydrolysis) is 2. The minimum absolute atomic E-state index is 0.103. The predicted molar refractivity (Wildman–Crippen MR) is 245 cm³/mol. The van der Waals surface area contributed by atoms with Crippen molar-refractivity contribution in [2.24, 2.45) is 11.8 Å². The molecule has 14 heteroatoms. The molecule has 65 heavy (non-hydrogen) atoms. The highest BCUT2D eigenvalue weighted by Gasteiger charge is 2.41. The van der Waals surface area contributed by atoms with Crippen molar-refractivity contribution in [3.05, 3.63) is 95.8 Å². The van der Waals surface area contributed by atoms with Crippen LogP contribution < -0.4 is 10.6 Å². The summed E-state index contributed by atoms with van der Waals surface area (Å²) in [4.78, 5) is 71.5. The number of imidazole rings is 2. The van der Waals surface area contributed by atoms with Gasteiger partial charge in [-0.15, -0.1) is 0 Å². The molecule has 2 saturated heterocycles. The van der Waals surface area contributed by atoms with E-state index in [1.165, 1.54) is 61.3 Å². The van der Waals surface area contributed by atoms with E-state index in [0.29, 0.717) is 30.7 Å². The molecule has 2 aliphatic heterocycles. The monoisotopic (exact) mass is 878 g/mol. The van der Waals surface area contributed by atoms with Gasteiger partial charge in [-0.05, 0) is 114 Å². The van der Waals surface area contributed by atoms with Gasteiger partial charge in [0.1, 0.15) is 23.7 Å². The number of H-pyrrole nitrogens is 2. The van der Waals surface area contributed by atoms with E-state index in [1.807, 2.05) is 43.7 Å². The molecular formula is C51H58N8O6. The number of likely N-dealkylation sites (tertiary alicyclic amines) is 2. The molecule has 4 heterocycles. The lowest BCUT2D eigenvalue weighted by Crippen LogP contribution is -2.51. The first-order valence-electron chi connectivity index (χ1n) is 23.1. The van der Waals surface area contributed by atoms with Gasteiger partial charge < -0.3 is 39.9 Å². The Hall–Kier alpha value is -6.62. The van der Waals surface area contributed by atoms with Gasteiger partial charge in [-0.3, -0.25) is 9.59 Å². The Bertz CT molecular complexity index is 2390. The molecule has 4 aliphatic rings. The molecule has 5 aromatic rings. The summed E-state index contributed by atoms with van der Waals surface area (Å²) in [5.74, 6) is 2.01. The summed E-state index contributed by atoms with van der Waals surface area (Å²) in [5, 5.41) is 5.44. The van der Waals surface area contributed by atoms with Crippen LogP contribution in [0.25, 0.3) is 44.8 Å². The number of ether oxygens (including phenoxy) is 2. The molecule has 4 N–H and O–H groups in total. The molecule has 338 valence electrons. The van der Waals surface area contributed by atoms with E-state index < -0.39 is 24.3 Å². The molecule has 0 spiro atoms. The number of carbonyl (C=O) groups excluding carboxylic acids is 4. The van der Waals surface area contributed by atoms with Gasteiger partial charge in [-0.25, -0.2) is 19.6 Å². The molecule has 2 aromatic heterocycles. The molecule has 6 atom stereocenters. The fourth-order valence-electron chi connectivity index (χ4n) is 10.7. The maximum atomic E-state index is 13.7. The highest BCUT2D eigenvalue weighted by molar-refractivity contribution is 5.87. The van der Waals surface area contributed by atoms with Crippen LogP contribution in [-0.4, -0.2) is 93.1 Å². The van der Waals surface area contributed by atoms with Gasteiger partial charge in [0.05, 0.1) is 55.6 Å². The number of hydrogen-bond donors (Lipinski definition) is 4. The summed E-state index contributed by atoms with van der Waals surface area (Å²) in [6.07, 6.45) is 9.22. The third-order valence-electron chi connectivity index (χ3n) is 14.0. The average molecular weight is 879 g/mol. The number of nitrogens with one attached hydrogen (secondary N) is 4. The number of rotatable bonds is 12. The Kier molecular flexibility index (Phi) is 12.1. The Morgan fingerprint density at radius 3 is 1.63 bits per heavy atom. The molecule has 1 saturated carbocycles. The fraction of sp³-hybridized carbons (Fsp3) is 0.451. The van der Waals surface area contributed by atoms with E-state index in [-0.39, 0.29) is 35.7 Å². The minimum Gasteiger partial charge on any atom is -0.453 e. The van der Waals surface area contributed by atoms with Crippen molar-refractivity contribution in [1.29, 1.82) is 0 Å². The van der Waals surface area contributed by atoms with Gasteiger partial charge in [-0.2, -0.15) is 0 Å². The first-order chi connectivity index (χ1) is 31.4. The topological polar surface area (TPSA) is 175 Å². The number of benzene rings is 2. The Labute approximate surface area is 380 Å². The van der Waals surface area contributed by atoms with Gasteiger partial charge in [0, 0.05) is 18.7 Å². The van der Waals surface area contributed by atoms with Crippen molar-refractivity contribution >= 4 is 24.0 Å². The van der Waals surface area contributed by atoms with Crippen LogP contribution in [0.3, 0.4) is 0 Å². The number of aromatic amines is 2. The average Bonchev–Trinajstić information content (AvgIpc) is 4.19. The largest absolute Gasteiger partial charge is 0.453 e. The Morgan fingerprint density at radius 1 is 0.631 bits per heavy atom. The summed E-state index contributed by atoms with van der Waals surface area (Å²) in [7, 11) is 2.60. The van der Waals surface area contributed by atoms with Crippen molar-refractivity contribution in [3.8, 4) is 44.8 Å². The SMILES string of the molecule is COC(=O)N[C@H](C(=O)N1CCC[C@H]1c1ncc(-c2c#cc(-c3ccc(-c4ccc(-c5cnc([C@@H]6CCCN6C(=O)[C@@H](NC(=O)OC)C(C)C)[nH]5)cc4)c4c3C3CCC4C3)cc2)[nH]1)C(C)C. The second-order valence-corrected chi connectivity index (χ2v) is 18.6. The van der Waals surface area contributed by atoms with Crippen molar-refractivity contribution in [2.75, 3.05) is 27.3 Å². The minimum atomic E-state index is -0.694. The number of fused-ring (bicyclic) bond motifs is 5. The van der Waals surface area contributed by atoms with Crippen LogP contribution >= 0.6 is 0 Å². The van der Waals surface area contributed by atoms with E-state index in [9.17, 15) is 19.2 Å². The van der Waals surface area contributed by atoms with Gasteiger partial charge >= 0.3 is 12.2 Å². The molecule has 2 bridgehead atoms. The van der Waals surface area contributed by atoms with Crippen molar-refractivity contribution in [1.82, 2.24) is 40.4 Å². The van der Waals surface area contributed by atoms with Crippen molar-refractivity contribution in [2.45, 2.75) is 109 Å². The maximum absolute atomic E-state index is 13.7. The van der Waals surface area contributed by atoms with E-state index in [4.69, 9.17) is 19.4 Å². The Morgan fingerprint density at radius 2 is 1.11 bits per heavy atom. The van der Waals surface area contributed by atoms with Crippen molar-refractivity contribution in [3.63, 3.8) is 0 Å². The molecule has 3 aromatic carbocycles. The standard InChI is InChI=1S/C51H58N8O6/c1-28(2)44(56-50(62)64-5)48(60)58-23-7-9-40(58)46-52-26-38(54-46)32-15-11-30(12-16-32)36-21-22-37(43-35-20-19-34(25-35)42(36)43)31-13-17-33(18-14-31)39-27-53-47(55-39)41-10-8-24-59(41)49(61)45(29(3)4)57-51(63)65-6/h11-13,15-17,21-22,26-29,34-35,40-41,44-45H,7-10,19-20,23-25H2,1-6H3,(H,52,54)(H,53,55)(H,56,62)(H,57,63)/t34?,35?,40-,41-,44-,45-/m0/s1. The normalized spacial score (nSPS) is 20.7. The lowest BCUT2D eigenvalue weighted by atomic mass is 9.81. The second-order valence-electron chi connectivity index (χ2n) is 18.6. The first kappa shape index (κ1) is 43.6. The fourth-order valence-corrected chi connectivity index (χ4v) is 10.7. The van der Waals surface area contributed by atoms with E-state index >= 15 is 0 Å². The summed E-state index contributed by atoms with van der Waals surface area (Å²) in [6.45, 7) is 8.84. The van der Waals surface area contributed by atoms with Crippen LogP contribution in [0.4, 0.5) is 9.59 Å². The molecule has 9 rings (SSSR count). The maximum Gasteiger partial charge on any atom is 0.407 e. The Balaban J connectivity index is 0.910. The second kappa shape index (κ2) is 18.1. The van der Waals surface area contributed by atoms with E-state index in [2.05, 4.69) is 81.3 Å². The zero-order chi connectivity index (χ0) is 45.5. The van der Waals surface area contributed by atoms with Gasteiger partial charge in [-0.1, -0.05) is 76.2 Å². The lowest BCUT2D eigenvalue weighted by molar-refractivity contribution is -0.136. The molecular weight excluding hydrogens is 821 g/mol. The quantitative estimate of drug-likeness (QED) is 0.0962. The molecule has 2 aliphatic carbocycles. The predicted octanol–water partition coefficient (Wildman–Crippen LogP) is 8.85. The summed E-state index contributed by atoms with van der Waals surface area (Å²) in [6, 6.07) is 22.5. The number of carbonyl (C=O) groups is 4. The third-order valence-corrected chi connectivity index (χ3v) is 14.0. The highest BCUT2D eigenvalue weighted by atomic mass is 16.5. The molecule has 14 nitrogen and oxygen atoms in total. The number of hydrogen-bond acceptors (Lipinski definition) is 8. The van der Waals surface area contributed by atoms with Crippen LogP contribution in [0.2, 0.25) is 0 Å². The number of aromatic nitrogens is 4. The van der Waals surface area contributed by atoms with E-state index in [1.54, 1.807) is 6.20 Å². The van der Waals surface area contributed by atoms with Crippen LogP contribution in [-0.2, 0) is 19.1 Å². The van der Waals surface area contributed by atoms with Gasteiger partial charge in [0.15, 0.2) is 0 Å². The van der Waals surface area contributed by atoms with Gasteiger partial charge in [0.25, 0.3) is 0 Å². The number of methoxy groups -OCH3 is 2. The summed E-state index contributed by atoms with van der Waals surface area (Å²) < 4.78 is 9.58. The van der Waals surface area contributed by atoms with Crippen LogP contribution in [0.1, 0.15) is 119 Å². The van der Waals surface area contributed by atoms with Crippen LogP contribution in [0.5, 0.6) is 0 Å². The zero-order valence-corrected chi connectivity index (χ0v) is 38.0. The zero-order valence-electron chi connectivity index (χ0n) is 38.0. The van der Waals surface area contributed by atoms with Crippen molar-refractivity contribution < 1.29 is 28.7 Å². The molecule has 2 unspecified atom stereocenters. The van der Waals surface area contributed by atoms with Crippen LogP contribution in [0.15, 0.2) is 60.9 Å². The van der Waals surface area contributed by atoms with Gasteiger partial charge in [0.2, 0.25) is 11.8 Å². The summed E-state index contributed by atoms with van der Waals surface area (Å²) in [5.41, 5.74) is 11.1. The molecule has 0 radical (unpaired) electrons. The number of amides is 4. The highest BCUT2D eigenvalue weighted by Crippen LogP contribution is 2.58. The first-order valence-corrected chi connectivity index (χ1v) is 23.1. The molecule has 4 amide bonds. The third kappa shape index (κ3) is 8.33. The smallest absolute Gasteiger partial charge is 0.407 e. The lowest BCUT2D eigenvalue weighted by Gasteiger charge is -2.30. The molecule has 3 fully saturated rings.